The van der Waals surface area contributed by atoms with Gasteiger partial charge in [-0.1, -0.05) is 140 Å². The first kappa shape index (κ1) is 23.1. The van der Waals surface area contributed by atoms with Gasteiger partial charge < -0.3 is 9.47 Å². The van der Waals surface area contributed by atoms with Gasteiger partial charge in [-0.25, -0.2) is 0 Å². The lowest BCUT2D eigenvalue weighted by Crippen LogP contribution is -2.74. The van der Waals surface area contributed by atoms with Crippen molar-refractivity contribution in [1.29, 1.82) is 0 Å². The zero-order chi connectivity index (χ0) is 26.5. The van der Waals surface area contributed by atoms with Gasteiger partial charge in [-0.05, 0) is 50.0 Å². The van der Waals surface area contributed by atoms with Crippen molar-refractivity contribution in [2.24, 2.45) is 0 Å². The van der Waals surface area contributed by atoms with Gasteiger partial charge in [0.2, 0.25) is 0 Å². The maximum atomic E-state index is 6.72. The Bertz CT molecular complexity index is 1750. The molecule has 0 saturated carbocycles. The first-order valence-corrected chi connectivity index (χ1v) is 15.8. The molecule has 6 aromatic carbocycles. The van der Waals surface area contributed by atoms with Gasteiger partial charge in [0.05, 0.1) is 5.69 Å². The molecule has 0 N–H and O–H groups in total. The average Bonchev–Trinajstić information content (AvgIpc) is 3.43. The lowest BCUT2D eigenvalue weighted by Gasteiger charge is -2.35. The molecule has 8 rings (SSSR count). The van der Waals surface area contributed by atoms with Crippen molar-refractivity contribution in [2.75, 3.05) is 4.81 Å². The molecule has 40 heavy (non-hydrogen) atoms. The largest absolute Gasteiger partial charge is 0.536 e. The van der Waals surface area contributed by atoms with Crippen LogP contribution in [0.4, 0.5) is 11.4 Å². The quantitative estimate of drug-likeness (QED) is 0.237. The first-order chi connectivity index (χ1) is 19.9. The molecule has 0 unspecified atom stereocenters. The van der Waals surface area contributed by atoms with E-state index in [9.17, 15) is 0 Å². The Hall–Kier alpha value is -4.80. The maximum Gasteiger partial charge on any atom is 0.524 e. The van der Waals surface area contributed by atoms with E-state index in [1.807, 2.05) is 0 Å². The summed E-state index contributed by atoms with van der Waals surface area (Å²) in [4.78, 5) is 2.40. The van der Waals surface area contributed by atoms with E-state index in [1.54, 1.807) is 0 Å². The fourth-order valence-electron chi connectivity index (χ4n) is 6.73. The van der Waals surface area contributed by atoms with Crippen LogP contribution in [-0.2, 0) is 0 Å². The van der Waals surface area contributed by atoms with E-state index in [4.69, 9.17) is 4.65 Å². The highest BCUT2D eigenvalue weighted by Crippen LogP contribution is 2.46. The Labute approximate surface area is 236 Å². The van der Waals surface area contributed by atoms with Crippen LogP contribution in [-0.4, -0.2) is 15.1 Å². The summed E-state index contributed by atoms with van der Waals surface area (Å²) in [5.41, 5.74) is 6.01. The molecule has 0 amide bonds. The second-order valence-corrected chi connectivity index (χ2v) is 14.3. The van der Waals surface area contributed by atoms with Gasteiger partial charge in [0, 0.05) is 11.3 Å². The fourth-order valence-corrected chi connectivity index (χ4v) is 11.5. The van der Waals surface area contributed by atoms with Crippen LogP contribution in [0.3, 0.4) is 0 Å². The van der Waals surface area contributed by atoms with Crippen molar-refractivity contribution in [2.45, 2.75) is 0 Å². The molecule has 0 radical (unpaired) electrons. The van der Waals surface area contributed by atoms with E-state index in [0.717, 1.165) is 11.4 Å². The minimum Gasteiger partial charge on any atom is -0.536 e. The van der Waals surface area contributed by atoms with E-state index < -0.39 is 8.07 Å². The number of para-hydroxylation sites is 1. The predicted octanol–water partition coefficient (Wildman–Crippen LogP) is 4.97. The molecule has 2 nitrogen and oxygen atoms in total. The summed E-state index contributed by atoms with van der Waals surface area (Å²) in [6.07, 6.45) is 0. The summed E-state index contributed by atoms with van der Waals surface area (Å²) in [7, 11) is -2.83. The van der Waals surface area contributed by atoms with E-state index >= 15 is 0 Å². The Morgan fingerprint density at radius 3 is 1.60 bits per heavy atom. The molecule has 0 atom stereocenters. The van der Waals surface area contributed by atoms with Gasteiger partial charge in [-0.3, -0.25) is 0 Å². The number of anilines is 2. The minimum atomic E-state index is -2.64. The standard InChI is InChI=1S/C36H26BNOSi/c1-4-14-27(15-5-1)40(28-16-6-2-7-17-28,29-18-8-3-9-19-29)30-24-25-36-35(26-30)38-34-23-13-11-21-32(34)31-20-10-12-22-33(31)37(38)39-36/h1-26H. The second-order valence-electron chi connectivity index (χ2n) is 10.5. The van der Waals surface area contributed by atoms with Crippen molar-refractivity contribution >= 4 is 52.7 Å². The lowest BCUT2D eigenvalue weighted by atomic mass is 9.65. The third kappa shape index (κ3) is 3.30. The van der Waals surface area contributed by atoms with Crippen molar-refractivity contribution in [1.82, 2.24) is 0 Å². The Balaban J connectivity index is 1.41. The molecular weight excluding hydrogens is 501 g/mol. The van der Waals surface area contributed by atoms with Crippen LogP contribution in [0.25, 0.3) is 11.1 Å². The molecule has 4 heteroatoms. The number of hydrogen-bond acceptors (Lipinski definition) is 2. The van der Waals surface area contributed by atoms with Gasteiger partial charge in [-0.2, -0.15) is 0 Å². The van der Waals surface area contributed by atoms with Crippen LogP contribution in [0.1, 0.15) is 0 Å². The highest BCUT2D eigenvalue weighted by Gasteiger charge is 2.47. The Morgan fingerprint density at radius 1 is 0.450 bits per heavy atom. The lowest BCUT2D eigenvalue weighted by molar-refractivity contribution is 0.603. The smallest absolute Gasteiger partial charge is 0.524 e. The summed E-state index contributed by atoms with van der Waals surface area (Å²) < 4.78 is 6.72. The monoisotopic (exact) mass is 527 g/mol. The fraction of sp³-hybridized carbons (Fsp3) is 0. The molecule has 0 saturated heterocycles. The van der Waals surface area contributed by atoms with E-state index in [1.165, 1.54) is 43.0 Å². The highest BCUT2D eigenvalue weighted by molar-refractivity contribution is 7.20. The van der Waals surface area contributed by atoms with Crippen molar-refractivity contribution in [3.8, 4) is 16.9 Å². The molecule has 0 fully saturated rings. The summed E-state index contributed by atoms with van der Waals surface area (Å²) in [6.45, 7) is 0. The van der Waals surface area contributed by atoms with Gasteiger partial charge in [0.1, 0.15) is 5.75 Å². The van der Waals surface area contributed by atoms with E-state index in [-0.39, 0.29) is 7.05 Å². The van der Waals surface area contributed by atoms with Crippen molar-refractivity contribution < 1.29 is 4.65 Å². The summed E-state index contributed by atoms with van der Waals surface area (Å²) in [5.74, 6) is 0.928. The normalized spacial score (nSPS) is 13.1. The van der Waals surface area contributed by atoms with Crippen LogP contribution < -0.4 is 35.7 Å². The number of fused-ring (bicyclic) bond motifs is 8. The highest BCUT2D eigenvalue weighted by atomic mass is 28.3. The van der Waals surface area contributed by atoms with Gasteiger partial charge >= 0.3 is 7.05 Å². The number of benzene rings is 6. The molecule has 0 aliphatic carbocycles. The summed E-state index contributed by atoms with van der Waals surface area (Å²) in [6, 6.07) is 57.5. The first-order valence-electron chi connectivity index (χ1n) is 13.8. The number of hydrogen-bond donors (Lipinski definition) is 0. The van der Waals surface area contributed by atoms with Crippen LogP contribution in [0.5, 0.6) is 5.75 Å². The van der Waals surface area contributed by atoms with Crippen molar-refractivity contribution in [3.05, 3.63) is 158 Å². The predicted molar refractivity (Wildman–Crippen MR) is 170 cm³/mol. The Morgan fingerprint density at radius 2 is 0.975 bits per heavy atom. The third-order valence-corrected chi connectivity index (χ3v) is 13.2. The third-order valence-electron chi connectivity index (χ3n) is 8.43. The van der Waals surface area contributed by atoms with Crippen molar-refractivity contribution in [3.63, 3.8) is 0 Å². The topological polar surface area (TPSA) is 12.5 Å². The SMILES string of the molecule is c1ccc([Si](c2ccccc2)(c2ccccc2)c2ccc3c(c2)N2B(O3)c3ccccc3-c3ccccc32)cc1. The summed E-state index contributed by atoms with van der Waals surface area (Å²) in [5, 5.41) is 5.45. The molecule has 188 valence electrons. The van der Waals surface area contributed by atoms with Gasteiger partial charge in [0.25, 0.3) is 0 Å². The number of nitrogens with zero attached hydrogens (tertiary/aromatic N) is 1. The van der Waals surface area contributed by atoms with Crippen LogP contribution >= 0.6 is 0 Å². The molecule has 0 aromatic heterocycles. The van der Waals surface area contributed by atoms with Crippen LogP contribution in [0, 0.1) is 0 Å². The van der Waals surface area contributed by atoms with Gasteiger partial charge in [0.15, 0.2) is 8.07 Å². The second kappa shape index (κ2) is 9.15. The molecule has 0 spiro atoms. The minimum absolute atomic E-state index is 0.183. The van der Waals surface area contributed by atoms with E-state index in [2.05, 4.69) is 163 Å². The van der Waals surface area contributed by atoms with Crippen LogP contribution in [0.2, 0.25) is 0 Å². The molecule has 2 aliphatic heterocycles. The zero-order valence-corrected chi connectivity index (χ0v) is 22.9. The number of rotatable bonds is 4. The molecule has 6 aromatic rings. The van der Waals surface area contributed by atoms with E-state index in [0.29, 0.717) is 0 Å². The molecule has 0 bridgehead atoms. The average molecular weight is 528 g/mol. The molecule has 2 aliphatic rings. The molecular formula is C36H26BNOSi. The maximum absolute atomic E-state index is 6.72. The van der Waals surface area contributed by atoms with Crippen LogP contribution in [0.15, 0.2) is 158 Å². The summed E-state index contributed by atoms with van der Waals surface area (Å²) >= 11 is 0. The Kier molecular flexibility index (Phi) is 5.29. The van der Waals surface area contributed by atoms with Gasteiger partial charge in [-0.15, -0.1) is 0 Å². The zero-order valence-electron chi connectivity index (χ0n) is 21.9. The molecule has 2 heterocycles.